The molecule has 0 spiro atoms. The molecule has 0 unspecified atom stereocenters. The third-order valence-corrected chi connectivity index (χ3v) is 4.12. The summed E-state index contributed by atoms with van der Waals surface area (Å²) in [6.45, 7) is 0. The number of hydrogen-bond acceptors (Lipinski definition) is 4. The normalized spacial score (nSPS) is 10.7. The summed E-state index contributed by atoms with van der Waals surface area (Å²) >= 11 is 5.93. The molecule has 4 aromatic rings. The Kier molecular flexibility index (Phi) is 4.43. The van der Waals surface area contributed by atoms with Crippen molar-refractivity contribution < 1.29 is 4.79 Å². The lowest BCUT2D eigenvalue weighted by Crippen LogP contribution is -2.19. The van der Waals surface area contributed by atoms with Crippen molar-refractivity contribution in [3.8, 4) is 11.3 Å². The van der Waals surface area contributed by atoms with Gasteiger partial charge in [-0.05, 0) is 36.4 Å². The van der Waals surface area contributed by atoms with Gasteiger partial charge in [-0.3, -0.25) is 9.67 Å². The fraction of sp³-hybridized carbons (Fsp3) is 0.0526. The summed E-state index contributed by atoms with van der Waals surface area (Å²) < 4.78 is 1.71. The molecule has 2 aromatic carbocycles. The number of rotatable bonds is 3. The molecular formula is C19H15ClN6O. The molecule has 2 heterocycles. The smallest absolute Gasteiger partial charge is 0.308 e. The highest BCUT2D eigenvalue weighted by Gasteiger charge is 2.08. The molecule has 0 saturated heterocycles. The summed E-state index contributed by atoms with van der Waals surface area (Å²) in [4.78, 5) is 21.2. The van der Waals surface area contributed by atoms with Gasteiger partial charge < -0.3 is 10.6 Å². The zero-order chi connectivity index (χ0) is 18.8. The summed E-state index contributed by atoms with van der Waals surface area (Å²) in [6.07, 6.45) is 5.31. The third kappa shape index (κ3) is 3.88. The molecule has 0 aliphatic carbocycles. The molecule has 8 heteroatoms. The Labute approximate surface area is 160 Å². The number of halogens is 1. The van der Waals surface area contributed by atoms with E-state index in [1.54, 1.807) is 53.5 Å². The molecule has 0 radical (unpaired) electrons. The molecule has 0 saturated carbocycles. The lowest BCUT2D eigenvalue weighted by Gasteiger charge is -2.09. The van der Waals surface area contributed by atoms with Crippen molar-refractivity contribution in [2.45, 2.75) is 0 Å². The number of benzene rings is 2. The number of aromatic nitrogens is 4. The van der Waals surface area contributed by atoms with E-state index in [-0.39, 0.29) is 6.03 Å². The highest BCUT2D eigenvalue weighted by Crippen LogP contribution is 2.21. The maximum absolute atomic E-state index is 12.2. The molecule has 2 N–H and O–H groups in total. The first-order valence-electron chi connectivity index (χ1n) is 8.16. The van der Waals surface area contributed by atoms with Crippen LogP contribution in [0.1, 0.15) is 0 Å². The Balaban J connectivity index is 1.56. The van der Waals surface area contributed by atoms with E-state index in [4.69, 9.17) is 11.6 Å². The Hall–Kier alpha value is -3.45. The van der Waals surface area contributed by atoms with E-state index >= 15 is 0 Å². The first-order valence-corrected chi connectivity index (χ1v) is 8.54. The zero-order valence-electron chi connectivity index (χ0n) is 14.3. The van der Waals surface area contributed by atoms with Gasteiger partial charge in [-0.2, -0.15) is 5.10 Å². The van der Waals surface area contributed by atoms with E-state index in [1.165, 1.54) is 0 Å². The van der Waals surface area contributed by atoms with Gasteiger partial charge >= 0.3 is 6.03 Å². The van der Waals surface area contributed by atoms with Crippen LogP contribution in [0.15, 0.2) is 61.1 Å². The maximum Gasteiger partial charge on any atom is 0.323 e. The Morgan fingerprint density at radius 2 is 1.85 bits per heavy atom. The number of nitrogens with one attached hydrogen (secondary N) is 2. The van der Waals surface area contributed by atoms with Gasteiger partial charge in [-0.25, -0.2) is 9.78 Å². The maximum atomic E-state index is 12.2. The molecule has 0 aliphatic heterocycles. The van der Waals surface area contributed by atoms with Gasteiger partial charge in [0.05, 0.1) is 29.1 Å². The van der Waals surface area contributed by atoms with E-state index in [9.17, 15) is 4.79 Å². The summed E-state index contributed by atoms with van der Waals surface area (Å²) in [5.41, 5.74) is 4.24. The van der Waals surface area contributed by atoms with Crippen LogP contribution < -0.4 is 10.6 Å². The second kappa shape index (κ2) is 7.05. The topological polar surface area (TPSA) is 84.7 Å². The Morgan fingerprint density at radius 1 is 1.04 bits per heavy atom. The van der Waals surface area contributed by atoms with Crippen molar-refractivity contribution in [1.29, 1.82) is 0 Å². The minimum absolute atomic E-state index is 0.368. The van der Waals surface area contributed by atoms with Crippen LogP contribution in [0.2, 0.25) is 5.02 Å². The summed E-state index contributed by atoms with van der Waals surface area (Å²) in [5, 5.41) is 10.2. The molecule has 0 atom stereocenters. The molecule has 0 bridgehead atoms. The molecule has 0 fully saturated rings. The lowest BCUT2D eigenvalue weighted by molar-refractivity contribution is 0.262. The van der Waals surface area contributed by atoms with Crippen LogP contribution in [-0.4, -0.2) is 25.8 Å². The zero-order valence-corrected chi connectivity index (χ0v) is 15.1. The van der Waals surface area contributed by atoms with E-state index in [2.05, 4.69) is 25.7 Å². The van der Waals surface area contributed by atoms with E-state index in [1.807, 2.05) is 19.3 Å². The highest BCUT2D eigenvalue weighted by atomic mass is 35.5. The summed E-state index contributed by atoms with van der Waals surface area (Å²) in [6, 6.07) is 11.9. The highest BCUT2D eigenvalue weighted by molar-refractivity contribution is 6.30. The SMILES string of the molecule is Cn1cc(-c2cnc3ccc(NC(=O)Nc4cccc(Cl)c4)cc3n2)cn1. The van der Waals surface area contributed by atoms with Crippen molar-refractivity contribution in [2.24, 2.45) is 7.05 Å². The molecule has 2 aromatic heterocycles. The predicted molar refractivity (Wildman–Crippen MR) is 106 cm³/mol. The number of nitrogens with zero attached hydrogens (tertiary/aromatic N) is 4. The Bertz CT molecular complexity index is 1140. The molecule has 2 amide bonds. The molecule has 7 nitrogen and oxygen atoms in total. The summed E-state index contributed by atoms with van der Waals surface area (Å²) in [5.74, 6) is 0. The number of urea groups is 1. The van der Waals surface area contributed by atoms with Crippen molar-refractivity contribution in [1.82, 2.24) is 19.7 Å². The molecule has 4 rings (SSSR count). The van der Waals surface area contributed by atoms with Gasteiger partial charge in [0.2, 0.25) is 0 Å². The molecule has 134 valence electrons. The lowest BCUT2D eigenvalue weighted by atomic mass is 10.2. The van der Waals surface area contributed by atoms with Gasteiger partial charge in [-0.1, -0.05) is 17.7 Å². The number of anilines is 2. The van der Waals surface area contributed by atoms with Gasteiger partial charge in [0, 0.05) is 35.2 Å². The van der Waals surface area contributed by atoms with E-state index < -0.39 is 0 Å². The minimum atomic E-state index is -0.368. The predicted octanol–water partition coefficient (Wildman–Crippen LogP) is 4.33. The number of carbonyl (C=O) groups excluding carboxylic acids is 1. The van der Waals surface area contributed by atoms with Crippen molar-refractivity contribution in [2.75, 3.05) is 10.6 Å². The van der Waals surface area contributed by atoms with Crippen molar-refractivity contribution in [3.05, 3.63) is 66.1 Å². The van der Waals surface area contributed by atoms with Gasteiger partial charge in [0.15, 0.2) is 0 Å². The average Bonchev–Trinajstić information content (AvgIpc) is 3.07. The number of carbonyl (C=O) groups is 1. The van der Waals surface area contributed by atoms with E-state index in [0.29, 0.717) is 21.9 Å². The van der Waals surface area contributed by atoms with Crippen LogP contribution >= 0.6 is 11.6 Å². The third-order valence-electron chi connectivity index (χ3n) is 3.88. The minimum Gasteiger partial charge on any atom is -0.308 e. The monoisotopic (exact) mass is 378 g/mol. The second-order valence-electron chi connectivity index (χ2n) is 5.95. The first-order chi connectivity index (χ1) is 13.1. The van der Waals surface area contributed by atoms with Crippen LogP contribution in [0.4, 0.5) is 16.2 Å². The van der Waals surface area contributed by atoms with Gasteiger partial charge in [-0.15, -0.1) is 0 Å². The number of amides is 2. The van der Waals surface area contributed by atoms with Gasteiger partial charge in [0.1, 0.15) is 0 Å². The number of aryl methyl sites for hydroxylation is 1. The first kappa shape index (κ1) is 17.0. The van der Waals surface area contributed by atoms with Crippen LogP contribution in [0, 0.1) is 0 Å². The largest absolute Gasteiger partial charge is 0.323 e. The van der Waals surface area contributed by atoms with Crippen LogP contribution in [0.3, 0.4) is 0 Å². The van der Waals surface area contributed by atoms with Crippen molar-refractivity contribution >= 4 is 40.0 Å². The number of hydrogen-bond donors (Lipinski definition) is 2. The fourth-order valence-electron chi connectivity index (χ4n) is 2.64. The molecule has 27 heavy (non-hydrogen) atoms. The Morgan fingerprint density at radius 3 is 2.59 bits per heavy atom. The fourth-order valence-corrected chi connectivity index (χ4v) is 2.83. The van der Waals surface area contributed by atoms with E-state index in [0.717, 1.165) is 16.8 Å². The van der Waals surface area contributed by atoms with Crippen molar-refractivity contribution in [3.63, 3.8) is 0 Å². The van der Waals surface area contributed by atoms with Crippen LogP contribution in [-0.2, 0) is 7.05 Å². The van der Waals surface area contributed by atoms with Crippen LogP contribution in [0.5, 0.6) is 0 Å². The standard InChI is InChI=1S/C19H15ClN6O/c1-26-11-12(9-22-26)18-10-21-16-6-5-15(8-17(16)25-18)24-19(27)23-14-4-2-3-13(20)7-14/h2-11H,1H3,(H2,23,24,27). The molecular weight excluding hydrogens is 364 g/mol. The quantitative estimate of drug-likeness (QED) is 0.555. The molecule has 0 aliphatic rings. The average molecular weight is 379 g/mol. The van der Waals surface area contributed by atoms with Crippen LogP contribution in [0.25, 0.3) is 22.3 Å². The van der Waals surface area contributed by atoms with Gasteiger partial charge in [0.25, 0.3) is 0 Å². The number of fused-ring (bicyclic) bond motifs is 1. The summed E-state index contributed by atoms with van der Waals surface area (Å²) in [7, 11) is 1.85. The second-order valence-corrected chi connectivity index (χ2v) is 6.39.